The van der Waals surface area contributed by atoms with E-state index in [1.54, 1.807) is 6.07 Å². The molecule has 28 nitrogen and oxygen atoms in total. The highest BCUT2D eigenvalue weighted by Crippen LogP contribution is 2.33. The van der Waals surface area contributed by atoms with Gasteiger partial charge in [-0.25, -0.2) is 17.6 Å². The highest BCUT2D eigenvalue weighted by atomic mass is 127. The van der Waals surface area contributed by atoms with Gasteiger partial charge in [0.15, 0.2) is 0 Å². The molecule has 40 heteroatoms. The number of aromatic nitrogens is 8. The van der Waals surface area contributed by atoms with Crippen LogP contribution in [0.3, 0.4) is 0 Å². The average molecular weight is 1870 g/mol. The molecular formula is C72H64Br3F8IN12O16. The maximum Gasteiger partial charge on any atom is 0.289 e. The molecule has 0 bridgehead atoms. The minimum Gasteiger partial charge on any atom is -0.394 e. The minimum atomic E-state index is -1.24. The lowest BCUT2D eigenvalue weighted by atomic mass is 10.2. The van der Waals surface area contributed by atoms with Gasteiger partial charge in [0, 0.05) is 70.0 Å². The number of aryl methyl sites for hydroxylation is 4. The highest BCUT2D eigenvalue weighted by Gasteiger charge is 2.27. The molecule has 0 saturated heterocycles. The molecule has 4 aromatic carbocycles. The summed E-state index contributed by atoms with van der Waals surface area (Å²) in [5.74, 6) is -7.77. The minimum absolute atomic E-state index is 0.0981. The van der Waals surface area contributed by atoms with Crippen LogP contribution in [0.15, 0.2) is 174 Å². The van der Waals surface area contributed by atoms with Crippen molar-refractivity contribution in [2.45, 2.75) is 50.6 Å². The van der Waals surface area contributed by atoms with E-state index in [2.05, 4.69) is 69.1 Å². The Hall–Kier alpha value is -9.99. The van der Waals surface area contributed by atoms with Crippen LogP contribution in [-0.4, -0.2) is 128 Å². The van der Waals surface area contributed by atoms with Crippen LogP contribution < -0.4 is 65.7 Å². The van der Waals surface area contributed by atoms with Crippen molar-refractivity contribution in [1.29, 1.82) is 0 Å². The summed E-state index contributed by atoms with van der Waals surface area (Å²) in [4.78, 5) is 100. The normalized spacial score (nSPS) is 12.4. The molecule has 112 heavy (non-hydrogen) atoms. The van der Waals surface area contributed by atoms with Gasteiger partial charge in [-0.05, 0) is 120 Å². The number of aliphatic hydroxyl groups excluding tert-OH is 8. The zero-order valence-corrected chi connectivity index (χ0v) is 65.4. The first-order valence-corrected chi connectivity index (χ1v) is 36.1. The first-order chi connectivity index (χ1) is 53.0. The number of hydrogen-bond acceptors (Lipinski definition) is 20. The Morgan fingerprint density at radius 3 is 0.732 bits per heavy atom. The summed E-state index contributed by atoms with van der Waals surface area (Å²) >= 11 is 11.3. The third-order valence-corrected chi connectivity index (χ3v) is 19.3. The first kappa shape index (κ1) is 86.0. The molecule has 1 unspecified atom stereocenters. The molecule has 4 atom stereocenters. The van der Waals surface area contributed by atoms with Gasteiger partial charge in [0.1, 0.15) is 23.3 Å². The van der Waals surface area contributed by atoms with Crippen LogP contribution in [0.5, 0.6) is 0 Å². The molecule has 8 heterocycles. The quantitative estimate of drug-likeness (QED) is 0.0265. The molecule has 8 aromatic heterocycles. The van der Waals surface area contributed by atoms with Gasteiger partial charge in [-0.3, -0.25) is 38.4 Å². The molecule has 12 rings (SSSR count). The number of rotatable bonds is 20. The fraction of sp³-hybridized carbons (Fsp3) is 0.222. The fourth-order valence-electron chi connectivity index (χ4n) is 11.3. The van der Waals surface area contributed by atoms with Gasteiger partial charge in [0.05, 0.1) is 166 Å². The van der Waals surface area contributed by atoms with Crippen LogP contribution in [0.25, 0.3) is 43.6 Å². The van der Waals surface area contributed by atoms with Crippen LogP contribution in [0.4, 0.5) is 80.6 Å². The SMILES string of the molecule is Cn1c(=O)c(F)c(Nc2ccc(Br)cc2F)c2c(=O)n(CC(O)CO)ccc21.Cn1c(=O)c(F)c(Nc2ccc(Br)cc2F)c2c(=O)n(C[C@@H](O)CO)ccc21.Cn1c(=O)c(F)c(Nc2ccc(Br)cc2F)c2c(=O)n(C[C@H](O)CO)ccc21.Cn1c(=O)c(F)c(Nc2ccc(I)cc2F)c2c(=O)n(C[C@H](O)CO)ccc21. The third-order valence-electron chi connectivity index (χ3n) is 17.1. The van der Waals surface area contributed by atoms with Gasteiger partial charge < -0.3 is 98.7 Å². The average Bonchev–Trinajstić information content (AvgIpc) is 0.770. The lowest BCUT2D eigenvalue weighted by Crippen LogP contribution is -2.31. The van der Waals surface area contributed by atoms with E-state index in [4.69, 9.17) is 20.4 Å². The van der Waals surface area contributed by atoms with E-state index in [0.29, 0.717) is 17.0 Å². The summed E-state index contributed by atoms with van der Waals surface area (Å²) in [7, 11) is 5.24. The van der Waals surface area contributed by atoms with Gasteiger partial charge in [0.2, 0.25) is 23.3 Å². The molecule has 0 aliphatic carbocycles. The van der Waals surface area contributed by atoms with E-state index in [9.17, 15) is 93.9 Å². The number of nitrogens with zero attached hydrogens (tertiary/aromatic N) is 8. The predicted molar refractivity (Wildman–Crippen MR) is 421 cm³/mol. The third kappa shape index (κ3) is 18.5. The summed E-state index contributed by atoms with van der Waals surface area (Å²) in [5, 5.41) is 83.8. The van der Waals surface area contributed by atoms with E-state index in [-0.39, 0.29) is 92.5 Å². The van der Waals surface area contributed by atoms with Gasteiger partial charge in [-0.2, -0.15) is 17.6 Å². The van der Waals surface area contributed by atoms with Crippen molar-refractivity contribution < 1.29 is 76.0 Å². The molecule has 592 valence electrons. The van der Waals surface area contributed by atoms with E-state index in [0.717, 1.165) is 54.7 Å². The molecule has 0 aliphatic heterocycles. The van der Waals surface area contributed by atoms with Crippen molar-refractivity contribution in [1.82, 2.24) is 36.5 Å². The number of anilines is 8. The lowest BCUT2D eigenvalue weighted by molar-refractivity contribution is 0.0804. The van der Waals surface area contributed by atoms with Crippen LogP contribution in [0.2, 0.25) is 0 Å². The summed E-state index contributed by atoms with van der Waals surface area (Å²) in [5.41, 5.74) is -8.53. The first-order valence-electron chi connectivity index (χ1n) is 32.7. The van der Waals surface area contributed by atoms with E-state index in [1.165, 1.54) is 126 Å². The van der Waals surface area contributed by atoms with Crippen molar-refractivity contribution in [3.63, 3.8) is 0 Å². The number of fused-ring (bicyclic) bond motifs is 4. The number of hydrogen-bond donors (Lipinski definition) is 12. The zero-order chi connectivity index (χ0) is 82.3. The number of aliphatic hydroxyl groups is 8. The fourth-order valence-corrected chi connectivity index (χ4v) is 12.7. The van der Waals surface area contributed by atoms with Gasteiger partial charge in [-0.15, -0.1) is 0 Å². The maximum absolute atomic E-state index is 14.8. The highest BCUT2D eigenvalue weighted by molar-refractivity contribution is 14.1. The van der Waals surface area contributed by atoms with Crippen molar-refractivity contribution in [3.8, 4) is 0 Å². The van der Waals surface area contributed by atoms with Gasteiger partial charge in [0.25, 0.3) is 44.5 Å². The second-order valence-corrected chi connectivity index (χ2v) is 28.7. The van der Waals surface area contributed by atoms with E-state index < -0.39 is 165 Å². The summed E-state index contributed by atoms with van der Waals surface area (Å²) < 4.78 is 126. The van der Waals surface area contributed by atoms with Gasteiger partial charge in [-0.1, -0.05) is 47.8 Å². The molecule has 12 N–H and O–H groups in total. The lowest BCUT2D eigenvalue weighted by Gasteiger charge is -2.16. The Labute approximate surface area is 662 Å². The molecule has 12 aromatic rings. The van der Waals surface area contributed by atoms with E-state index in [1.807, 2.05) is 22.6 Å². The van der Waals surface area contributed by atoms with E-state index >= 15 is 0 Å². The number of nitrogens with one attached hydrogen (secondary N) is 4. The summed E-state index contributed by atoms with van der Waals surface area (Å²) in [6, 6.07) is 21.8. The Balaban J connectivity index is 0.000000171. The molecule has 0 amide bonds. The topological polar surface area (TPSA) is 386 Å². The van der Waals surface area contributed by atoms with Crippen LogP contribution >= 0.6 is 70.4 Å². The number of benzene rings is 4. The van der Waals surface area contributed by atoms with Crippen LogP contribution in [-0.2, 0) is 54.4 Å². The zero-order valence-electron chi connectivity index (χ0n) is 58.5. The van der Waals surface area contributed by atoms with Gasteiger partial charge >= 0.3 is 0 Å². The van der Waals surface area contributed by atoms with Crippen LogP contribution in [0.1, 0.15) is 0 Å². The Morgan fingerprint density at radius 2 is 0.536 bits per heavy atom. The largest absolute Gasteiger partial charge is 0.394 e. The standard InChI is InChI=1S/3C18H16BrF2N3O4.C18H16F2IN3O4/c3*1-23-13-4-5-24(7-10(26)8-25)17(27)14(13)16(15(21)18(23)28)22-12-3-2-9(19)6-11(12)20;1-23-13-4-5-24(7-10(26)8-25)17(27)14(13)16(15(20)18(23)28)22-12-3-2-9(21)6-11(12)19/h4*2-6,10,22,25-26H,7-8H2,1H3/t2*10-;;10-/m10.0/s1. The Kier molecular flexibility index (Phi) is 28.1. The molecule has 0 fully saturated rings. The predicted octanol–water partition coefficient (Wildman–Crippen LogP) is 7.19. The molecule has 0 spiro atoms. The number of pyridine rings is 8. The summed E-state index contributed by atoms with van der Waals surface area (Å²) in [6.45, 7) is -3.20. The molecular weight excluding hydrogens is 1810 g/mol. The Morgan fingerprint density at radius 1 is 0.330 bits per heavy atom. The molecule has 0 aliphatic rings. The van der Waals surface area contributed by atoms with Crippen LogP contribution in [0, 0.1) is 50.1 Å². The smallest absolute Gasteiger partial charge is 0.289 e. The van der Waals surface area contributed by atoms with Crippen molar-refractivity contribution in [3.05, 3.63) is 268 Å². The summed E-state index contributed by atoms with van der Waals surface area (Å²) in [6.07, 6.45) is 0.503. The molecule has 0 radical (unpaired) electrons. The second-order valence-electron chi connectivity index (χ2n) is 24.7. The Bertz CT molecular complexity index is 5450. The second kappa shape index (κ2) is 36.7. The monoisotopic (exact) mass is 1870 g/mol. The van der Waals surface area contributed by atoms with Crippen molar-refractivity contribution >= 4 is 159 Å². The van der Waals surface area contributed by atoms with Crippen molar-refractivity contribution in [2.24, 2.45) is 28.2 Å². The molecule has 0 saturated carbocycles. The maximum atomic E-state index is 14.8. The number of halogens is 12. The van der Waals surface area contributed by atoms with Crippen molar-refractivity contribution in [2.75, 3.05) is 47.7 Å².